The van der Waals surface area contributed by atoms with Crippen LogP contribution < -0.4 is 0 Å². The summed E-state index contributed by atoms with van der Waals surface area (Å²) < 4.78 is 0. The number of non-ortho nitro benzene ring substituents is 1. The summed E-state index contributed by atoms with van der Waals surface area (Å²) in [6.45, 7) is 1.88. The second-order valence-electron chi connectivity index (χ2n) is 3.84. The largest absolute Gasteiger partial charge is 0.269 e. The molecule has 4 heteroatoms. The van der Waals surface area contributed by atoms with Crippen molar-refractivity contribution >= 4 is 17.1 Å². The van der Waals surface area contributed by atoms with E-state index in [1.54, 1.807) is 12.1 Å². The van der Waals surface area contributed by atoms with Crippen LogP contribution in [0.1, 0.15) is 12.5 Å². The lowest BCUT2D eigenvalue weighted by molar-refractivity contribution is -0.384. The van der Waals surface area contributed by atoms with Crippen molar-refractivity contribution in [2.45, 2.75) is 6.92 Å². The predicted octanol–water partition coefficient (Wildman–Crippen LogP) is 3.74. The van der Waals surface area contributed by atoms with Crippen molar-refractivity contribution in [1.29, 1.82) is 0 Å². The third-order valence-electron chi connectivity index (χ3n) is 2.55. The first kappa shape index (κ1) is 12.0. The zero-order valence-electron chi connectivity index (χ0n) is 9.91. The van der Waals surface area contributed by atoms with Crippen molar-refractivity contribution < 1.29 is 4.92 Å². The van der Waals surface area contributed by atoms with Crippen molar-refractivity contribution in [3.05, 3.63) is 70.3 Å². The van der Waals surface area contributed by atoms with Gasteiger partial charge in [0.2, 0.25) is 0 Å². The van der Waals surface area contributed by atoms with E-state index in [-0.39, 0.29) is 5.69 Å². The van der Waals surface area contributed by atoms with Crippen LogP contribution in [0.4, 0.5) is 11.4 Å². The van der Waals surface area contributed by atoms with Gasteiger partial charge in [0, 0.05) is 17.8 Å². The van der Waals surface area contributed by atoms with Crippen LogP contribution in [0.25, 0.3) is 0 Å². The monoisotopic (exact) mass is 240 g/mol. The summed E-state index contributed by atoms with van der Waals surface area (Å²) in [5.41, 5.74) is 2.67. The molecule has 2 rings (SSSR count). The van der Waals surface area contributed by atoms with Gasteiger partial charge in [-0.05, 0) is 36.8 Å². The second-order valence-corrected chi connectivity index (χ2v) is 3.84. The first-order valence-electron chi connectivity index (χ1n) is 5.52. The van der Waals surface area contributed by atoms with E-state index in [1.165, 1.54) is 12.1 Å². The molecule has 90 valence electrons. The third-order valence-corrected chi connectivity index (χ3v) is 2.55. The van der Waals surface area contributed by atoms with Gasteiger partial charge in [0.1, 0.15) is 0 Å². The number of nitro groups is 1. The minimum Gasteiger partial charge on any atom is -0.258 e. The summed E-state index contributed by atoms with van der Waals surface area (Å²) in [5.74, 6) is 0. The number of nitro benzene ring substituents is 1. The fraction of sp³-hybridized carbons (Fsp3) is 0.0714. The molecular formula is C14H12N2O2. The molecule has 0 saturated carbocycles. The molecule has 0 radical (unpaired) electrons. The van der Waals surface area contributed by atoms with E-state index < -0.39 is 4.92 Å². The van der Waals surface area contributed by atoms with Crippen molar-refractivity contribution in [2.24, 2.45) is 4.99 Å². The van der Waals surface area contributed by atoms with Crippen LogP contribution in [0.3, 0.4) is 0 Å². The molecule has 18 heavy (non-hydrogen) atoms. The Morgan fingerprint density at radius 3 is 2.22 bits per heavy atom. The predicted molar refractivity (Wildman–Crippen MR) is 71.4 cm³/mol. The highest BCUT2D eigenvalue weighted by Crippen LogP contribution is 2.16. The third kappa shape index (κ3) is 2.79. The van der Waals surface area contributed by atoms with Gasteiger partial charge in [-0.15, -0.1) is 0 Å². The van der Waals surface area contributed by atoms with Crippen LogP contribution in [0.15, 0.2) is 59.6 Å². The van der Waals surface area contributed by atoms with E-state index in [9.17, 15) is 10.1 Å². The summed E-state index contributed by atoms with van der Waals surface area (Å²) in [6.07, 6.45) is 0. The molecule has 0 bridgehead atoms. The normalized spacial score (nSPS) is 11.3. The summed E-state index contributed by atoms with van der Waals surface area (Å²) in [7, 11) is 0. The van der Waals surface area contributed by atoms with E-state index in [4.69, 9.17) is 0 Å². The summed E-state index contributed by atoms with van der Waals surface area (Å²) in [6, 6.07) is 16.0. The maximum absolute atomic E-state index is 10.5. The van der Waals surface area contributed by atoms with E-state index in [0.717, 1.165) is 17.0 Å². The first-order valence-corrected chi connectivity index (χ1v) is 5.52. The van der Waals surface area contributed by atoms with Crippen LogP contribution in [-0.2, 0) is 0 Å². The van der Waals surface area contributed by atoms with Crippen LogP contribution in [-0.4, -0.2) is 10.6 Å². The van der Waals surface area contributed by atoms with Gasteiger partial charge in [-0.1, -0.05) is 18.2 Å². The summed E-state index contributed by atoms with van der Waals surface area (Å²) in [5, 5.41) is 10.5. The number of aliphatic imine (C=N–C) groups is 1. The molecule has 0 aromatic heterocycles. The number of nitrogens with zero attached hydrogens (tertiary/aromatic N) is 2. The summed E-state index contributed by atoms with van der Waals surface area (Å²) >= 11 is 0. The molecule has 4 nitrogen and oxygen atoms in total. The van der Waals surface area contributed by atoms with E-state index in [2.05, 4.69) is 4.99 Å². The van der Waals surface area contributed by atoms with Gasteiger partial charge in [-0.3, -0.25) is 15.1 Å². The van der Waals surface area contributed by atoms with Crippen LogP contribution in [0.5, 0.6) is 0 Å². The van der Waals surface area contributed by atoms with Crippen LogP contribution in [0, 0.1) is 10.1 Å². The van der Waals surface area contributed by atoms with Gasteiger partial charge < -0.3 is 0 Å². The van der Waals surface area contributed by atoms with E-state index >= 15 is 0 Å². The van der Waals surface area contributed by atoms with Gasteiger partial charge in [-0.2, -0.15) is 0 Å². The summed E-state index contributed by atoms with van der Waals surface area (Å²) in [4.78, 5) is 14.6. The second kappa shape index (κ2) is 5.23. The fourth-order valence-electron chi connectivity index (χ4n) is 1.59. The molecule has 0 aliphatic carbocycles. The molecule has 0 aliphatic heterocycles. The zero-order valence-corrected chi connectivity index (χ0v) is 9.91. The molecule has 0 fully saturated rings. The highest BCUT2D eigenvalue weighted by Gasteiger charge is 2.05. The lowest BCUT2D eigenvalue weighted by Crippen LogP contribution is -1.95. The SMILES string of the molecule is CC(=Nc1ccccc1)c1ccc([N+](=O)[O-])cc1. The topological polar surface area (TPSA) is 55.5 Å². The quantitative estimate of drug-likeness (QED) is 0.466. The Bertz CT molecular complexity index is 575. The Hall–Kier alpha value is -2.49. The molecule has 0 atom stereocenters. The van der Waals surface area contributed by atoms with Gasteiger partial charge in [0.15, 0.2) is 0 Å². The minimum atomic E-state index is -0.409. The smallest absolute Gasteiger partial charge is 0.258 e. The Kier molecular flexibility index (Phi) is 3.48. The van der Waals surface area contributed by atoms with E-state index in [0.29, 0.717) is 0 Å². The van der Waals surface area contributed by atoms with Crippen molar-refractivity contribution in [1.82, 2.24) is 0 Å². The lowest BCUT2D eigenvalue weighted by Gasteiger charge is -2.01. The Labute approximate surface area is 105 Å². The zero-order chi connectivity index (χ0) is 13.0. The Morgan fingerprint density at radius 2 is 1.67 bits per heavy atom. The minimum absolute atomic E-state index is 0.0891. The highest BCUT2D eigenvalue weighted by atomic mass is 16.6. The van der Waals surface area contributed by atoms with Crippen LogP contribution >= 0.6 is 0 Å². The Balaban J connectivity index is 2.26. The first-order chi connectivity index (χ1) is 8.66. The number of hydrogen-bond donors (Lipinski definition) is 0. The average molecular weight is 240 g/mol. The average Bonchev–Trinajstić information content (AvgIpc) is 2.40. The molecule has 0 amide bonds. The van der Waals surface area contributed by atoms with Gasteiger partial charge in [0.05, 0.1) is 10.6 Å². The van der Waals surface area contributed by atoms with Gasteiger partial charge in [-0.25, -0.2) is 0 Å². The molecule has 0 spiro atoms. The van der Waals surface area contributed by atoms with Crippen molar-refractivity contribution in [3.8, 4) is 0 Å². The van der Waals surface area contributed by atoms with Gasteiger partial charge in [0.25, 0.3) is 5.69 Å². The Morgan fingerprint density at radius 1 is 1.06 bits per heavy atom. The molecule has 2 aromatic rings. The number of hydrogen-bond acceptors (Lipinski definition) is 3. The number of rotatable bonds is 3. The standard InChI is InChI=1S/C14H12N2O2/c1-11(15-13-5-3-2-4-6-13)12-7-9-14(10-8-12)16(17)18/h2-10H,1H3. The fourth-order valence-corrected chi connectivity index (χ4v) is 1.59. The molecule has 0 N–H and O–H groups in total. The highest BCUT2D eigenvalue weighted by molar-refractivity contribution is 6.00. The van der Waals surface area contributed by atoms with E-state index in [1.807, 2.05) is 37.3 Å². The number of benzene rings is 2. The molecule has 2 aromatic carbocycles. The lowest BCUT2D eigenvalue weighted by atomic mass is 10.1. The van der Waals surface area contributed by atoms with Gasteiger partial charge >= 0.3 is 0 Å². The van der Waals surface area contributed by atoms with Crippen LogP contribution in [0.2, 0.25) is 0 Å². The molecule has 0 unspecified atom stereocenters. The maximum Gasteiger partial charge on any atom is 0.269 e. The molecule has 0 heterocycles. The molecule has 0 saturated heterocycles. The maximum atomic E-state index is 10.5. The molecule has 0 aliphatic rings. The van der Waals surface area contributed by atoms with Crippen molar-refractivity contribution in [2.75, 3.05) is 0 Å². The molecular weight excluding hydrogens is 228 g/mol. The number of para-hydroxylation sites is 1. The van der Waals surface area contributed by atoms with Crippen molar-refractivity contribution in [3.63, 3.8) is 0 Å².